The highest BCUT2D eigenvalue weighted by Gasteiger charge is 2.75. The quantitative estimate of drug-likeness (QED) is 0.212. The summed E-state index contributed by atoms with van der Waals surface area (Å²) < 4.78 is 6.37. The fourth-order valence-electron chi connectivity index (χ4n) is 6.67. The van der Waals surface area contributed by atoms with Crippen LogP contribution in [0.1, 0.15) is 26.2 Å². The molecule has 3 aliphatic heterocycles. The van der Waals surface area contributed by atoms with Gasteiger partial charge in [0.15, 0.2) is 0 Å². The summed E-state index contributed by atoms with van der Waals surface area (Å²) in [6.07, 6.45) is 1.66. The number of hydrogen-bond acceptors (Lipinski definition) is 8. The van der Waals surface area contributed by atoms with Gasteiger partial charge in [0, 0.05) is 28.9 Å². The number of fused-ring (bicyclic) bond motifs is 2. The van der Waals surface area contributed by atoms with Crippen molar-refractivity contribution >= 4 is 62.1 Å². The largest absolute Gasteiger partial charge is 0.494 e. The highest BCUT2D eigenvalue weighted by Crippen LogP contribution is 2.67. The van der Waals surface area contributed by atoms with Gasteiger partial charge in [0.25, 0.3) is 0 Å². The average molecular weight is 658 g/mol. The third-order valence-corrected chi connectivity index (χ3v) is 11.6. The van der Waals surface area contributed by atoms with Gasteiger partial charge in [-0.25, -0.2) is 4.68 Å². The molecule has 13 heteroatoms. The van der Waals surface area contributed by atoms with Crippen molar-refractivity contribution in [2.45, 2.75) is 53.7 Å². The summed E-state index contributed by atoms with van der Waals surface area (Å²) in [5, 5.41) is 23.6. The summed E-state index contributed by atoms with van der Waals surface area (Å²) in [4.78, 5) is 43.5. The molecule has 0 aliphatic carbocycles. The molecule has 3 aromatic rings. The minimum Gasteiger partial charge on any atom is -0.494 e. The summed E-state index contributed by atoms with van der Waals surface area (Å²) in [7, 11) is 0. The molecular weight excluding hydrogens is 624 g/mol. The number of carbonyl (C=O) groups is 3. The van der Waals surface area contributed by atoms with Crippen molar-refractivity contribution in [3.8, 4) is 5.75 Å². The maximum absolute atomic E-state index is 14.1. The van der Waals surface area contributed by atoms with Gasteiger partial charge in [0.05, 0.1) is 28.7 Å². The van der Waals surface area contributed by atoms with E-state index in [1.807, 2.05) is 31.2 Å². The number of aromatic nitrogens is 3. The van der Waals surface area contributed by atoms with Crippen LogP contribution in [0.4, 0.5) is 5.69 Å². The number of para-hydroxylation sites is 1. The molecule has 3 fully saturated rings. The number of thioether (sulfide) groups is 1. The molecule has 42 heavy (non-hydrogen) atoms. The van der Waals surface area contributed by atoms with E-state index in [0.717, 1.165) is 11.0 Å². The molecule has 6 atom stereocenters. The van der Waals surface area contributed by atoms with E-state index in [2.05, 4.69) is 36.9 Å². The van der Waals surface area contributed by atoms with Crippen molar-refractivity contribution in [2.24, 2.45) is 11.8 Å². The number of aliphatic hydroxyl groups excluding tert-OH is 1. The molecule has 6 rings (SSSR count). The third-order valence-electron chi connectivity index (χ3n) is 8.40. The van der Waals surface area contributed by atoms with Gasteiger partial charge in [-0.15, -0.1) is 16.9 Å². The summed E-state index contributed by atoms with van der Waals surface area (Å²) in [6.45, 7) is 2.88. The SMILES string of the molecule is CCOc1ccc(NC(=O)[C@H]2[C@H]3C(=O)N(CCCCO)C(C(=O)NCn4nnc5ccccc54)C34CC(Br)[C@@H]2S4)cc1. The van der Waals surface area contributed by atoms with Gasteiger partial charge >= 0.3 is 0 Å². The molecule has 0 saturated carbocycles. The van der Waals surface area contributed by atoms with Crippen molar-refractivity contribution in [3.63, 3.8) is 0 Å². The van der Waals surface area contributed by atoms with Crippen LogP contribution >= 0.6 is 27.7 Å². The Balaban J connectivity index is 1.26. The number of alkyl halides is 1. The number of anilines is 1. The number of rotatable bonds is 11. The van der Waals surface area contributed by atoms with Crippen LogP contribution in [0.5, 0.6) is 5.75 Å². The second kappa shape index (κ2) is 11.8. The normalized spacial score (nSPS) is 27.8. The number of carbonyl (C=O) groups excluding carboxylic acids is 3. The molecule has 3 aliphatic rings. The summed E-state index contributed by atoms with van der Waals surface area (Å²) in [6, 6.07) is 13.9. The van der Waals surface area contributed by atoms with Crippen molar-refractivity contribution in [1.82, 2.24) is 25.2 Å². The predicted molar refractivity (Wildman–Crippen MR) is 162 cm³/mol. The molecule has 1 aromatic heterocycles. The fourth-order valence-corrected chi connectivity index (χ4v) is 10.3. The zero-order valence-corrected chi connectivity index (χ0v) is 25.5. The Hall–Kier alpha value is -3.16. The van der Waals surface area contributed by atoms with Gasteiger partial charge in [0.1, 0.15) is 24.0 Å². The number of unbranched alkanes of at least 4 members (excludes halogenated alkanes) is 1. The molecule has 0 radical (unpaired) electrons. The van der Waals surface area contributed by atoms with Crippen LogP contribution < -0.4 is 15.4 Å². The second-order valence-electron chi connectivity index (χ2n) is 10.8. The van der Waals surface area contributed by atoms with E-state index < -0.39 is 22.6 Å². The first-order valence-corrected chi connectivity index (χ1v) is 16.0. The number of nitrogens with zero attached hydrogens (tertiary/aromatic N) is 4. The van der Waals surface area contributed by atoms with Crippen LogP contribution in [0.2, 0.25) is 0 Å². The minimum atomic E-state index is -0.762. The van der Waals surface area contributed by atoms with E-state index in [1.165, 1.54) is 0 Å². The lowest BCUT2D eigenvalue weighted by Gasteiger charge is -2.35. The lowest BCUT2D eigenvalue weighted by atomic mass is 9.70. The number of ether oxygens (including phenoxy) is 1. The second-order valence-corrected chi connectivity index (χ2v) is 13.6. The standard InChI is InChI=1S/C29H33BrN6O5S/c1-2-41-18-11-9-17(10-12-18)32-26(38)22-23-28(40)35(13-5-6-14-37)25(29(23)15-19(30)24(22)42-29)27(39)31-16-36-21-8-4-3-7-20(21)33-34-36/h3-4,7-12,19,22-25,37H,2,5-6,13-16H2,1H3,(H,31,39)(H,32,38)/t19?,22-,23-,24-,25?,29?/m0/s1. The van der Waals surface area contributed by atoms with Crippen molar-refractivity contribution < 1.29 is 24.2 Å². The average Bonchev–Trinajstić information content (AvgIpc) is 3.70. The maximum atomic E-state index is 14.1. The number of hydrogen-bond donors (Lipinski definition) is 3. The van der Waals surface area contributed by atoms with Crippen molar-refractivity contribution in [2.75, 3.05) is 25.1 Å². The Kier molecular flexibility index (Phi) is 8.16. The number of aliphatic hydroxyl groups is 1. The monoisotopic (exact) mass is 656 g/mol. The molecule has 3 unspecified atom stereocenters. The Morgan fingerprint density at radius 1 is 1.17 bits per heavy atom. The first-order chi connectivity index (χ1) is 20.4. The van der Waals surface area contributed by atoms with Crippen LogP contribution in [0.3, 0.4) is 0 Å². The van der Waals surface area contributed by atoms with Gasteiger partial charge in [-0.2, -0.15) is 0 Å². The van der Waals surface area contributed by atoms with E-state index in [4.69, 9.17) is 4.74 Å². The molecule has 222 valence electrons. The van der Waals surface area contributed by atoms with Crippen LogP contribution in [0, 0.1) is 11.8 Å². The molecule has 11 nitrogen and oxygen atoms in total. The Labute approximate surface area is 255 Å². The lowest BCUT2D eigenvalue weighted by molar-refractivity contribution is -0.139. The highest BCUT2D eigenvalue weighted by atomic mass is 79.9. The number of likely N-dealkylation sites (tertiary alicyclic amines) is 1. The molecule has 2 bridgehead atoms. The molecule has 3 N–H and O–H groups in total. The van der Waals surface area contributed by atoms with Crippen LogP contribution in [0.25, 0.3) is 11.0 Å². The smallest absolute Gasteiger partial charge is 0.245 e. The van der Waals surface area contributed by atoms with E-state index in [1.54, 1.807) is 45.6 Å². The van der Waals surface area contributed by atoms with Crippen LogP contribution in [-0.4, -0.2) is 83.3 Å². The van der Waals surface area contributed by atoms with Gasteiger partial charge < -0.3 is 25.4 Å². The zero-order chi connectivity index (χ0) is 29.4. The van der Waals surface area contributed by atoms with Crippen molar-refractivity contribution in [3.05, 3.63) is 48.5 Å². The van der Waals surface area contributed by atoms with E-state index in [0.29, 0.717) is 43.9 Å². The molecule has 2 aromatic carbocycles. The Morgan fingerprint density at radius 3 is 2.71 bits per heavy atom. The molecule has 3 saturated heterocycles. The third kappa shape index (κ3) is 4.94. The number of nitrogens with one attached hydrogen (secondary N) is 2. The zero-order valence-electron chi connectivity index (χ0n) is 23.1. The van der Waals surface area contributed by atoms with Crippen molar-refractivity contribution in [1.29, 1.82) is 0 Å². The number of benzene rings is 2. The topological polar surface area (TPSA) is 139 Å². The van der Waals surface area contributed by atoms with Crippen LogP contribution in [0.15, 0.2) is 48.5 Å². The van der Waals surface area contributed by atoms with Gasteiger partial charge in [-0.05, 0) is 62.6 Å². The molecule has 3 amide bonds. The van der Waals surface area contributed by atoms with Crippen LogP contribution in [-0.2, 0) is 21.1 Å². The highest BCUT2D eigenvalue weighted by molar-refractivity contribution is 9.09. The van der Waals surface area contributed by atoms with E-state index >= 15 is 0 Å². The Morgan fingerprint density at radius 2 is 1.95 bits per heavy atom. The minimum absolute atomic E-state index is 0.000251. The van der Waals surface area contributed by atoms with Gasteiger partial charge in [-0.1, -0.05) is 33.3 Å². The van der Waals surface area contributed by atoms with E-state index in [9.17, 15) is 19.5 Å². The molecular formula is C29H33BrN6O5S. The fraction of sp³-hybridized carbons (Fsp3) is 0.483. The summed E-state index contributed by atoms with van der Waals surface area (Å²) >= 11 is 5.38. The first-order valence-electron chi connectivity index (χ1n) is 14.2. The number of amides is 3. The van der Waals surface area contributed by atoms with Gasteiger partial charge in [-0.3, -0.25) is 14.4 Å². The predicted octanol–water partition coefficient (Wildman–Crippen LogP) is 2.78. The van der Waals surface area contributed by atoms with Gasteiger partial charge in [0.2, 0.25) is 17.7 Å². The first kappa shape index (κ1) is 28.9. The Bertz CT molecular complexity index is 1490. The van der Waals surface area contributed by atoms with E-state index in [-0.39, 0.29) is 41.1 Å². The molecule has 1 spiro atoms. The lowest BCUT2D eigenvalue weighted by Crippen LogP contribution is -2.54. The maximum Gasteiger partial charge on any atom is 0.245 e. The number of halogens is 1. The molecule has 4 heterocycles. The summed E-state index contributed by atoms with van der Waals surface area (Å²) in [5.74, 6) is -1.23. The summed E-state index contributed by atoms with van der Waals surface area (Å²) in [5.41, 5.74) is 2.13.